The second-order valence-corrected chi connectivity index (χ2v) is 29.0. The van der Waals surface area contributed by atoms with Crippen molar-refractivity contribution in [1.82, 2.24) is 83.1 Å². The Morgan fingerprint density at radius 1 is 0.495 bits per heavy atom. The van der Waals surface area contributed by atoms with Crippen LogP contribution in [0.25, 0.3) is 83.8 Å². The number of aromatic carboxylic acids is 1. The molecule has 538 valence electrons. The fraction of sp³-hybridized carbons (Fsp3) is 0.299. The molecule has 25 nitrogen and oxygen atoms in total. The number of aromatic nitrogens is 15. The fourth-order valence-electron chi connectivity index (χ4n) is 12.5. The van der Waals surface area contributed by atoms with Crippen molar-refractivity contribution in [3.63, 3.8) is 0 Å². The Morgan fingerprint density at radius 2 is 0.838 bits per heavy atom. The molecular formula is C77H80Cl3N21O4. The number of nitrogens with two attached hydrogens (primary N) is 1. The zero-order chi connectivity index (χ0) is 73.6. The molecule has 0 spiro atoms. The summed E-state index contributed by atoms with van der Waals surface area (Å²) in [5.41, 5.74) is 17.0. The minimum absolute atomic E-state index is 0.0416. The van der Waals surface area contributed by atoms with Gasteiger partial charge in [0.1, 0.15) is 51.1 Å². The summed E-state index contributed by atoms with van der Waals surface area (Å²) in [6.07, 6.45) is 22.2. The van der Waals surface area contributed by atoms with E-state index in [1.54, 1.807) is 44.5 Å². The van der Waals surface area contributed by atoms with E-state index in [-0.39, 0.29) is 53.2 Å². The van der Waals surface area contributed by atoms with Crippen LogP contribution in [-0.2, 0) is 13.1 Å². The van der Waals surface area contributed by atoms with Crippen LogP contribution in [0.5, 0.6) is 0 Å². The molecule has 0 bridgehead atoms. The number of hydrogen-bond donors (Lipinski definition) is 5. The summed E-state index contributed by atoms with van der Waals surface area (Å²) in [5, 5.41) is 36.6. The Labute approximate surface area is 620 Å². The first-order chi connectivity index (χ1) is 50.6. The molecule has 17 rings (SSSR count). The number of pyridine rings is 3. The second kappa shape index (κ2) is 29.6. The van der Waals surface area contributed by atoms with Crippen molar-refractivity contribution in [2.24, 2.45) is 5.73 Å². The number of anilines is 3. The van der Waals surface area contributed by atoms with Gasteiger partial charge in [-0.15, -0.1) is 0 Å². The van der Waals surface area contributed by atoms with Gasteiger partial charge in [-0.25, -0.2) is 34.7 Å². The molecule has 6 N–H and O–H groups in total. The van der Waals surface area contributed by atoms with Crippen LogP contribution >= 0.6 is 34.8 Å². The molecule has 0 atom stereocenters. The third-order valence-corrected chi connectivity index (χ3v) is 19.1. The van der Waals surface area contributed by atoms with E-state index in [0.29, 0.717) is 62.3 Å². The summed E-state index contributed by atoms with van der Waals surface area (Å²) in [7, 11) is 5.79. The van der Waals surface area contributed by atoms with Crippen LogP contribution in [0.1, 0.15) is 140 Å². The Balaban J connectivity index is 0.000000129. The van der Waals surface area contributed by atoms with Gasteiger partial charge in [0.15, 0.2) is 16.9 Å². The number of fused-ring (bicyclic) bond motifs is 6. The van der Waals surface area contributed by atoms with E-state index in [2.05, 4.69) is 125 Å². The number of carbonyl (C=O) groups excluding carboxylic acids is 2. The molecule has 3 saturated carbocycles. The molecule has 105 heavy (non-hydrogen) atoms. The number of carboxylic acids is 1. The van der Waals surface area contributed by atoms with Crippen molar-refractivity contribution in [1.29, 1.82) is 0 Å². The number of rotatable bonds is 18. The highest BCUT2D eigenvalue weighted by molar-refractivity contribution is 6.32. The quantitative estimate of drug-likeness (QED) is 0.0534. The first-order valence-electron chi connectivity index (χ1n) is 35.0. The first kappa shape index (κ1) is 71.0. The number of benzene rings is 2. The number of nitrogens with zero attached hydrogens (tertiary/aromatic N) is 17. The van der Waals surface area contributed by atoms with Gasteiger partial charge in [0.25, 0.3) is 11.8 Å². The molecule has 3 aliphatic carbocycles. The van der Waals surface area contributed by atoms with Crippen LogP contribution in [-0.4, -0.2) is 135 Å². The monoisotopic (exact) mass is 1470 g/mol. The lowest BCUT2D eigenvalue weighted by molar-refractivity contribution is 0.0698. The number of nitrogens with one attached hydrogen (secondary N) is 3. The molecular weight excluding hydrogens is 1390 g/mol. The highest BCUT2D eigenvalue weighted by Crippen LogP contribution is 2.39. The van der Waals surface area contributed by atoms with Crippen molar-refractivity contribution in [2.45, 2.75) is 129 Å². The molecule has 28 heteroatoms. The minimum Gasteiger partial charge on any atom is -0.477 e. The smallest absolute Gasteiger partial charge is 0.341 e. The van der Waals surface area contributed by atoms with Gasteiger partial charge in [0.2, 0.25) is 0 Å². The SMILES string of the molecule is CC(C)n1cc(-c2cc(N(C)Cc3ccccc3)n3ncc(C(=O)NC4CC4)c3n2)c2cc(Cl)cnc21.CC(C)n1cc(-c2cc(N(C)Cc3ccccc3)n3ncc(C(=O)O)c3n2)c2cc(Cl)cnc21.CNc1cc(-c2cn(C(C)C)c3ncc(Cl)cc23)nc2c(C(=O)NC3CC3)cnn12.NC1CC1. The predicted molar refractivity (Wildman–Crippen MR) is 413 cm³/mol. The summed E-state index contributed by atoms with van der Waals surface area (Å²) in [4.78, 5) is 70.1. The van der Waals surface area contributed by atoms with Gasteiger partial charge < -0.3 is 50.3 Å². The van der Waals surface area contributed by atoms with Crippen LogP contribution in [0.15, 0.2) is 153 Å². The third-order valence-electron chi connectivity index (χ3n) is 18.5. The summed E-state index contributed by atoms with van der Waals surface area (Å²) in [5.74, 6) is 0.916. The molecule has 14 aromatic rings. The fourth-order valence-corrected chi connectivity index (χ4v) is 13.0. The average molecular weight is 1470 g/mol. The largest absolute Gasteiger partial charge is 0.477 e. The van der Waals surface area contributed by atoms with Crippen LogP contribution in [0, 0.1) is 0 Å². The maximum Gasteiger partial charge on any atom is 0.341 e. The predicted octanol–water partition coefficient (Wildman–Crippen LogP) is 14.8. The van der Waals surface area contributed by atoms with E-state index >= 15 is 0 Å². The zero-order valence-electron chi connectivity index (χ0n) is 59.5. The van der Waals surface area contributed by atoms with E-state index < -0.39 is 5.97 Å². The van der Waals surface area contributed by atoms with Crippen molar-refractivity contribution in [3.05, 3.63) is 196 Å². The van der Waals surface area contributed by atoms with Gasteiger partial charge in [-0.3, -0.25) is 9.59 Å². The summed E-state index contributed by atoms with van der Waals surface area (Å²) < 4.78 is 11.3. The number of amides is 2. The van der Waals surface area contributed by atoms with Crippen LogP contribution < -0.4 is 31.5 Å². The van der Waals surface area contributed by atoms with Crippen molar-refractivity contribution < 1.29 is 19.5 Å². The third kappa shape index (κ3) is 15.1. The average Bonchev–Trinajstić information content (AvgIpc) is 1.80. The Bertz CT molecular complexity index is 5590. The molecule has 0 radical (unpaired) electrons. The van der Waals surface area contributed by atoms with Crippen molar-refractivity contribution in [2.75, 3.05) is 36.3 Å². The standard InChI is InChI=1S/C28H28ClN7O.C25H23ClN6O2.C21H22ClN7O.C3H7N/c1-17(2)35-16-23(21-11-19(29)13-30-26(21)35)24-12-25(34(3)15-18-7-5-4-6-8-18)36-27(33-24)22(14-31-36)28(37)32-20-9-10-20;1-15(2)31-14-20(18-9-17(26)11-27-23(18)31)21-10-22(30(3)13-16-7-5-4-6-8-16)32-24(29-21)19(12-28-32)25(33)34;1-11(2)28-10-16(14-6-12(22)8-24-19(14)28)17-7-18(23-3)29-20(27-17)15(9-25-29)21(30)26-13-4-5-13;4-3-1-2-3/h4-8,11-14,16-17,20H,9-10,15H2,1-3H3,(H,32,37);4-12,14-15H,13H2,1-3H3,(H,33,34);6-11,13,23H,4-5H2,1-3H3,(H,26,30);3H,1-2,4H2. The van der Waals surface area contributed by atoms with E-state index in [1.807, 2.05) is 123 Å². The number of hydrogen-bond acceptors (Lipinski definition) is 16. The number of halogens is 3. The highest BCUT2D eigenvalue weighted by Gasteiger charge is 2.30. The maximum absolute atomic E-state index is 13.1. The molecule has 0 unspecified atom stereocenters. The molecule has 3 fully saturated rings. The van der Waals surface area contributed by atoms with Crippen LogP contribution in [0.2, 0.25) is 15.1 Å². The van der Waals surface area contributed by atoms with Gasteiger partial charge in [-0.1, -0.05) is 95.5 Å². The van der Waals surface area contributed by atoms with Gasteiger partial charge in [0, 0.05) is 159 Å². The molecule has 2 aromatic carbocycles. The van der Waals surface area contributed by atoms with E-state index in [0.717, 1.165) is 110 Å². The Kier molecular flexibility index (Phi) is 20.0. The van der Waals surface area contributed by atoms with Crippen molar-refractivity contribution in [3.8, 4) is 33.8 Å². The van der Waals surface area contributed by atoms with Gasteiger partial charge >= 0.3 is 5.97 Å². The van der Waals surface area contributed by atoms with E-state index in [9.17, 15) is 19.5 Å². The molecule has 3 aliphatic rings. The first-order valence-corrected chi connectivity index (χ1v) is 36.1. The molecule has 12 aromatic heterocycles. The summed E-state index contributed by atoms with van der Waals surface area (Å²) in [6, 6.07) is 33.5. The van der Waals surface area contributed by atoms with Gasteiger partial charge in [-0.2, -0.15) is 28.8 Å². The molecule has 0 aliphatic heterocycles. The van der Waals surface area contributed by atoms with Crippen molar-refractivity contribution >= 4 is 120 Å². The minimum atomic E-state index is -1.08. The second-order valence-electron chi connectivity index (χ2n) is 27.7. The number of carboxylic acid groups (broad SMARTS) is 1. The Hall–Kier alpha value is -11.0. The highest BCUT2D eigenvalue weighted by atomic mass is 35.5. The van der Waals surface area contributed by atoms with Crippen LogP contribution in [0.3, 0.4) is 0 Å². The maximum atomic E-state index is 13.1. The van der Waals surface area contributed by atoms with E-state index in [1.165, 1.54) is 24.6 Å². The lowest BCUT2D eigenvalue weighted by atomic mass is 10.1. The molecule has 2 amide bonds. The lowest BCUT2D eigenvalue weighted by Crippen LogP contribution is -2.25. The molecule has 12 heterocycles. The summed E-state index contributed by atoms with van der Waals surface area (Å²) >= 11 is 18.9. The Morgan fingerprint density at radius 3 is 1.18 bits per heavy atom. The summed E-state index contributed by atoms with van der Waals surface area (Å²) in [6.45, 7) is 13.9. The topological polar surface area (TPSA) is 284 Å². The number of carbonyl (C=O) groups is 3. The normalized spacial score (nSPS) is 13.5. The zero-order valence-corrected chi connectivity index (χ0v) is 61.8. The van der Waals surface area contributed by atoms with Gasteiger partial charge in [0.05, 0.1) is 50.7 Å². The van der Waals surface area contributed by atoms with E-state index in [4.69, 9.17) is 55.5 Å². The van der Waals surface area contributed by atoms with Gasteiger partial charge in [-0.05, 0) is 109 Å². The molecule has 0 saturated heterocycles. The lowest BCUT2D eigenvalue weighted by Gasteiger charge is -2.21. The van der Waals surface area contributed by atoms with Crippen LogP contribution in [0.4, 0.5) is 17.5 Å².